The van der Waals surface area contributed by atoms with E-state index in [0.717, 1.165) is 45.3 Å². The summed E-state index contributed by atoms with van der Waals surface area (Å²) in [6, 6.07) is 0. The molecule has 4 nitrogen and oxygen atoms in total. The number of unbranched alkanes of at least 4 members (excludes halogenated alkanes) is 3. The fourth-order valence-corrected chi connectivity index (χ4v) is 2.48. The summed E-state index contributed by atoms with van der Waals surface area (Å²) in [5.74, 6) is -0.0870. The SMILES string of the molecule is O=C(O)CCC1CCN(CCCCCCO)C1. The molecule has 0 spiro atoms. The van der Waals surface area contributed by atoms with Crippen LogP contribution in [-0.2, 0) is 4.79 Å². The zero-order valence-corrected chi connectivity index (χ0v) is 10.6. The Morgan fingerprint density at radius 2 is 2.00 bits per heavy atom. The number of carboxylic acids is 1. The van der Waals surface area contributed by atoms with E-state index in [1.54, 1.807) is 0 Å². The van der Waals surface area contributed by atoms with Crippen molar-refractivity contribution in [3.05, 3.63) is 0 Å². The maximum Gasteiger partial charge on any atom is 0.303 e. The highest BCUT2D eigenvalue weighted by Crippen LogP contribution is 2.21. The van der Waals surface area contributed by atoms with E-state index in [1.807, 2.05) is 0 Å². The fourth-order valence-electron chi connectivity index (χ4n) is 2.48. The number of carbonyl (C=O) groups is 1. The molecule has 1 saturated heterocycles. The number of aliphatic hydroxyl groups is 1. The molecular weight excluding hydrogens is 218 g/mol. The number of carboxylic acid groups (broad SMARTS) is 1. The van der Waals surface area contributed by atoms with Gasteiger partial charge in [0.25, 0.3) is 0 Å². The van der Waals surface area contributed by atoms with E-state index >= 15 is 0 Å². The van der Waals surface area contributed by atoms with Crippen molar-refractivity contribution in [2.75, 3.05) is 26.2 Å². The van der Waals surface area contributed by atoms with Gasteiger partial charge >= 0.3 is 5.97 Å². The first-order chi connectivity index (χ1) is 8.22. The molecule has 17 heavy (non-hydrogen) atoms. The fraction of sp³-hybridized carbons (Fsp3) is 0.923. The lowest BCUT2D eigenvalue weighted by Gasteiger charge is -2.15. The van der Waals surface area contributed by atoms with Gasteiger partial charge in [0.05, 0.1) is 0 Å². The van der Waals surface area contributed by atoms with Gasteiger partial charge in [-0.05, 0) is 44.7 Å². The van der Waals surface area contributed by atoms with E-state index in [9.17, 15) is 4.79 Å². The van der Waals surface area contributed by atoms with Crippen LogP contribution in [0.4, 0.5) is 0 Å². The minimum absolute atomic E-state index is 0.307. The van der Waals surface area contributed by atoms with Crippen LogP contribution in [0.15, 0.2) is 0 Å². The summed E-state index contributed by atoms with van der Waals surface area (Å²) >= 11 is 0. The zero-order chi connectivity index (χ0) is 12.5. The Kier molecular flexibility index (Phi) is 7.21. The third-order valence-electron chi connectivity index (χ3n) is 3.52. The average molecular weight is 243 g/mol. The van der Waals surface area contributed by atoms with Crippen LogP contribution in [0.2, 0.25) is 0 Å². The largest absolute Gasteiger partial charge is 0.481 e. The number of rotatable bonds is 9. The molecule has 1 fully saturated rings. The van der Waals surface area contributed by atoms with E-state index in [4.69, 9.17) is 10.2 Å². The molecule has 1 atom stereocenters. The minimum atomic E-state index is -0.674. The summed E-state index contributed by atoms with van der Waals surface area (Å²) in [5.41, 5.74) is 0. The molecule has 0 aromatic carbocycles. The van der Waals surface area contributed by atoms with Crippen molar-refractivity contribution in [1.29, 1.82) is 0 Å². The maximum atomic E-state index is 10.5. The van der Waals surface area contributed by atoms with Crippen LogP contribution in [-0.4, -0.2) is 47.3 Å². The predicted molar refractivity (Wildman–Crippen MR) is 67.0 cm³/mol. The van der Waals surface area contributed by atoms with Crippen LogP contribution in [0, 0.1) is 5.92 Å². The van der Waals surface area contributed by atoms with Crippen molar-refractivity contribution >= 4 is 5.97 Å². The quantitative estimate of drug-likeness (QED) is 0.605. The second kappa shape index (κ2) is 8.48. The second-order valence-corrected chi connectivity index (χ2v) is 5.03. The summed E-state index contributed by atoms with van der Waals surface area (Å²) in [6.45, 7) is 3.65. The molecule has 4 heteroatoms. The zero-order valence-electron chi connectivity index (χ0n) is 10.6. The molecule has 0 amide bonds. The first kappa shape index (κ1) is 14.5. The summed E-state index contributed by atoms with van der Waals surface area (Å²) in [6.07, 6.45) is 6.73. The molecule has 0 aromatic heterocycles. The van der Waals surface area contributed by atoms with Gasteiger partial charge in [0.2, 0.25) is 0 Å². The highest BCUT2D eigenvalue weighted by atomic mass is 16.4. The van der Waals surface area contributed by atoms with E-state index < -0.39 is 5.97 Å². The van der Waals surface area contributed by atoms with Gasteiger partial charge in [0, 0.05) is 19.6 Å². The van der Waals surface area contributed by atoms with Crippen molar-refractivity contribution < 1.29 is 15.0 Å². The van der Waals surface area contributed by atoms with Gasteiger partial charge in [-0.1, -0.05) is 12.8 Å². The van der Waals surface area contributed by atoms with Crippen LogP contribution in [0.25, 0.3) is 0 Å². The Bertz CT molecular complexity index is 221. The lowest BCUT2D eigenvalue weighted by Crippen LogP contribution is -2.22. The van der Waals surface area contributed by atoms with Gasteiger partial charge in [0.15, 0.2) is 0 Å². The van der Waals surface area contributed by atoms with Crippen molar-refractivity contribution in [3.63, 3.8) is 0 Å². The molecule has 1 unspecified atom stereocenters. The van der Waals surface area contributed by atoms with Crippen LogP contribution < -0.4 is 0 Å². The maximum absolute atomic E-state index is 10.5. The summed E-state index contributed by atoms with van der Waals surface area (Å²) in [7, 11) is 0. The van der Waals surface area contributed by atoms with Crippen molar-refractivity contribution in [2.24, 2.45) is 5.92 Å². The van der Waals surface area contributed by atoms with E-state index in [-0.39, 0.29) is 0 Å². The monoisotopic (exact) mass is 243 g/mol. The summed E-state index contributed by atoms with van der Waals surface area (Å²) in [4.78, 5) is 12.9. The topological polar surface area (TPSA) is 60.8 Å². The lowest BCUT2D eigenvalue weighted by molar-refractivity contribution is -0.137. The Morgan fingerprint density at radius 1 is 1.24 bits per heavy atom. The van der Waals surface area contributed by atoms with E-state index in [0.29, 0.717) is 18.9 Å². The summed E-state index contributed by atoms with van der Waals surface area (Å²) in [5, 5.41) is 17.3. The number of hydrogen-bond donors (Lipinski definition) is 2. The number of hydrogen-bond acceptors (Lipinski definition) is 3. The number of nitrogens with zero attached hydrogens (tertiary/aromatic N) is 1. The Morgan fingerprint density at radius 3 is 2.71 bits per heavy atom. The average Bonchev–Trinajstić information content (AvgIpc) is 2.74. The van der Waals surface area contributed by atoms with E-state index in [2.05, 4.69) is 4.90 Å². The van der Waals surface area contributed by atoms with Crippen LogP contribution >= 0.6 is 0 Å². The molecule has 0 bridgehead atoms. The molecular formula is C13H25NO3. The minimum Gasteiger partial charge on any atom is -0.481 e. The molecule has 0 saturated carbocycles. The van der Waals surface area contributed by atoms with Crippen molar-refractivity contribution in [1.82, 2.24) is 4.90 Å². The highest BCUT2D eigenvalue weighted by molar-refractivity contribution is 5.66. The smallest absolute Gasteiger partial charge is 0.303 e. The first-order valence-electron chi connectivity index (χ1n) is 6.77. The first-order valence-corrected chi connectivity index (χ1v) is 6.77. The molecule has 1 rings (SSSR count). The lowest BCUT2D eigenvalue weighted by atomic mass is 10.0. The van der Waals surface area contributed by atoms with E-state index in [1.165, 1.54) is 12.8 Å². The number of likely N-dealkylation sites (tertiary alicyclic amines) is 1. The van der Waals surface area contributed by atoms with Crippen LogP contribution in [0.1, 0.15) is 44.9 Å². The predicted octanol–water partition coefficient (Wildman–Crippen LogP) is 1.73. The van der Waals surface area contributed by atoms with Gasteiger partial charge in [-0.15, -0.1) is 0 Å². The van der Waals surface area contributed by atoms with Crippen molar-refractivity contribution in [2.45, 2.75) is 44.9 Å². The molecule has 0 aliphatic carbocycles. The van der Waals surface area contributed by atoms with Gasteiger partial charge in [-0.2, -0.15) is 0 Å². The molecule has 1 aliphatic rings. The molecule has 2 N–H and O–H groups in total. The van der Waals surface area contributed by atoms with Gasteiger partial charge in [-0.3, -0.25) is 4.79 Å². The van der Waals surface area contributed by atoms with Crippen LogP contribution in [0.5, 0.6) is 0 Å². The third-order valence-corrected chi connectivity index (χ3v) is 3.52. The Labute approximate surface area is 104 Å². The van der Waals surface area contributed by atoms with Gasteiger partial charge < -0.3 is 15.1 Å². The highest BCUT2D eigenvalue weighted by Gasteiger charge is 2.22. The third kappa shape index (κ3) is 6.64. The molecule has 0 aromatic rings. The normalized spacial score (nSPS) is 20.9. The Hall–Kier alpha value is -0.610. The standard InChI is InChI=1S/C13H25NO3/c15-10-4-2-1-3-8-14-9-7-12(11-14)5-6-13(16)17/h12,15H,1-11H2,(H,16,17). The number of aliphatic hydroxyl groups excluding tert-OH is 1. The van der Waals surface area contributed by atoms with Crippen LogP contribution in [0.3, 0.4) is 0 Å². The molecule has 1 heterocycles. The second-order valence-electron chi connectivity index (χ2n) is 5.03. The van der Waals surface area contributed by atoms with Gasteiger partial charge in [0.1, 0.15) is 0 Å². The molecule has 100 valence electrons. The molecule has 1 aliphatic heterocycles. The summed E-state index contributed by atoms with van der Waals surface area (Å²) < 4.78 is 0. The Balaban J connectivity index is 1.99. The number of aliphatic carboxylic acids is 1. The van der Waals surface area contributed by atoms with Crippen molar-refractivity contribution in [3.8, 4) is 0 Å². The van der Waals surface area contributed by atoms with Gasteiger partial charge in [-0.25, -0.2) is 0 Å². The molecule has 0 radical (unpaired) electrons.